The highest BCUT2D eigenvalue weighted by Crippen LogP contribution is 2.55. The smallest absolute Gasteiger partial charge is 0.253 e. The van der Waals surface area contributed by atoms with Gasteiger partial charge in [-0.25, -0.2) is 0 Å². The van der Waals surface area contributed by atoms with Crippen LogP contribution < -0.4 is 21.3 Å². The Morgan fingerprint density at radius 2 is 1.35 bits per heavy atom. The number of carbonyl (C=O) groups excluding carboxylic acids is 8. The summed E-state index contributed by atoms with van der Waals surface area (Å²) in [4.78, 5) is 117. The van der Waals surface area contributed by atoms with Gasteiger partial charge in [-0.15, -0.1) is 0 Å². The largest absolute Gasteiger partial charge is 0.391 e. The van der Waals surface area contributed by atoms with Crippen molar-refractivity contribution in [2.75, 3.05) is 118 Å². The molecule has 578 valence electrons. The highest BCUT2D eigenvalue weighted by Gasteiger charge is 2.69. The number of methoxy groups -OCH3 is 1. The molecule has 1 spiro atoms. The van der Waals surface area contributed by atoms with E-state index < -0.39 is 91.3 Å². The number of benzene rings is 1. The van der Waals surface area contributed by atoms with E-state index in [1.54, 1.807) is 7.11 Å². The highest BCUT2D eigenvalue weighted by molar-refractivity contribution is 6.12. The van der Waals surface area contributed by atoms with Gasteiger partial charge in [0.05, 0.1) is 100.0 Å². The van der Waals surface area contributed by atoms with E-state index in [0.717, 1.165) is 48.8 Å². The summed E-state index contributed by atoms with van der Waals surface area (Å²) in [7, 11) is 1.58. The lowest BCUT2D eigenvalue weighted by Crippen LogP contribution is -2.61. The van der Waals surface area contributed by atoms with Crippen molar-refractivity contribution in [1.29, 1.82) is 0 Å². The van der Waals surface area contributed by atoms with Crippen LogP contribution in [0.1, 0.15) is 122 Å². The van der Waals surface area contributed by atoms with Gasteiger partial charge >= 0.3 is 0 Å². The van der Waals surface area contributed by atoms with Crippen LogP contribution in [0.3, 0.4) is 0 Å². The molecule has 13 saturated heterocycles. The molecule has 15 rings (SSSR count). The lowest BCUT2D eigenvalue weighted by Gasteiger charge is -2.47. The molecule has 5 N–H and O–H groups in total. The average Bonchev–Trinajstić information content (AvgIpc) is 1.55. The van der Waals surface area contributed by atoms with Crippen LogP contribution in [0.2, 0.25) is 0 Å². The van der Waals surface area contributed by atoms with Crippen molar-refractivity contribution in [3.05, 3.63) is 72.4 Å². The maximum Gasteiger partial charge on any atom is 0.253 e. The predicted octanol–water partition coefficient (Wildman–Crippen LogP) is 1.82. The molecule has 14 aliphatic heterocycles. The molecule has 105 heavy (non-hydrogen) atoms. The van der Waals surface area contributed by atoms with Crippen LogP contribution in [0.5, 0.6) is 0 Å². The summed E-state index contributed by atoms with van der Waals surface area (Å²) in [6, 6.07) is 7.99. The third kappa shape index (κ3) is 19.6. The molecule has 14 bridgehead atoms. The standard InChI is InChI=1S/C77H111N9O19/c1-47-35-53-14-16-58-48(2)36-55(98-58)20-21-77-42-63-72(104-77)73-74(103-63)75(105-77)71-59(102-73)17-15-54(100-71)38-51(87)39-56-61(41-60(99-53)49(47)3)101-62(70(56)96-4)40-52(88)43-78-64(89)44-80-76(95)57(37-50-11-7-5-8-12-50)81-65(90)45-79-66(91)46-84-25-23-82-27-29-85(30-28-83(24-26-84)32-34-97-33-31-82)67(92)13-9-6-10-22-86-68(93)18-19-69(86)94/h5,7-8,11-12,18-19,47,52-63,70-75,88H,2-3,6,9-10,13-17,20-46H2,1,4H3,(H,78,89)(H,79,91)(H,80,95)(H,81,90)/t47-,52+,53+,54-,55+,56+,57+,58+,59+,60-,61+,62-,63-,70-,71+,72+,73?,74?,75+,77+/m1/s1. The Bertz CT molecular complexity index is 3250. The van der Waals surface area contributed by atoms with E-state index in [1.165, 1.54) is 17.1 Å². The van der Waals surface area contributed by atoms with E-state index in [9.17, 15) is 43.5 Å². The van der Waals surface area contributed by atoms with Crippen LogP contribution in [0.15, 0.2) is 66.8 Å². The zero-order chi connectivity index (χ0) is 73.3. The molecule has 1 aromatic rings. The maximum atomic E-state index is 14.6. The van der Waals surface area contributed by atoms with Gasteiger partial charge in [0.25, 0.3) is 11.8 Å². The molecule has 14 aliphatic rings. The van der Waals surface area contributed by atoms with Crippen molar-refractivity contribution in [3.8, 4) is 0 Å². The van der Waals surface area contributed by atoms with Gasteiger partial charge in [-0.3, -0.25) is 58.0 Å². The Morgan fingerprint density at radius 3 is 2.11 bits per heavy atom. The molecule has 0 aromatic heterocycles. The molecular formula is C77H111N9O19. The number of rotatable bonds is 21. The van der Waals surface area contributed by atoms with Crippen LogP contribution in [-0.2, 0) is 92.1 Å². The number of ketones is 1. The minimum absolute atomic E-state index is 0.00919. The fourth-order valence-electron chi connectivity index (χ4n) is 18.0. The third-order valence-electron chi connectivity index (χ3n) is 23.9. The van der Waals surface area contributed by atoms with Gasteiger partial charge in [0.1, 0.15) is 42.3 Å². The second-order valence-corrected chi connectivity index (χ2v) is 31.2. The lowest BCUT2D eigenvalue weighted by molar-refractivity contribution is -0.292. The van der Waals surface area contributed by atoms with Gasteiger partial charge in [-0.05, 0) is 80.4 Å². The molecule has 0 aliphatic carbocycles. The lowest BCUT2D eigenvalue weighted by atomic mass is 9.81. The number of unbranched alkanes of at least 4 members (excludes halogenated alkanes) is 2. The maximum absolute atomic E-state index is 14.6. The quantitative estimate of drug-likeness (QED) is 0.0666. The first-order valence-electron chi connectivity index (χ1n) is 38.9. The van der Waals surface area contributed by atoms with Gasteiger partial charge in [0.15, 0.2) is 5.79 Å². The second kappa shape index (κ2) is 35.6. The van der Waals surface area contributed by atoms with Crippen LogP contribution >= 0.6 is 0 Å². The summed E-state index contributed by atoms with van der Waals surface area (Å²) < 4.78 is 67.1. The molecule has 0 saturated carbocycles. The molecule has 13 fully saturated rings. The molecule has 0 radical (unpaired) electrons. The molecule has 28 nitrogen and oxygen atoms in total. The zero-order valence-corrected chi connectivity index (χ0v) is 61.2. The Morgan fingerprint density at radius 1 is 0.657 bits per heavy atom. The van der Waals surface area contributed by atoms with Crippen molar-refractivity contribution < 1.29 is 90.8 Å². The molecule has 4 unspecified atom stereocenters. The Kier molecular flexibility index (Phi) is 26.2. The number of nitrogens with one attached hydrogen (secondary N) is 4. The van der Waals surface area contributed by atoms with Gasteiger partial charge in [0.2, 0.25) is 29.5 Å². The summed E-state index contributed by atoms with van der Waals surface area (Å²) in [5.74, 6) is -3.87. The summed E-state index contributed by atoms with van der Waals surface area (Å²) >= 11 is 0. The van der Waals surface area contributed by atoms with E-state index in [-0.39, 0.29) is 129 Å². The zero-order valence-electron chi connectivity index (χ0n) is 61.2. The molecule has 14 heterocycles. The fourth-order valence-corrected chi connectivity index (χ4v) is 18.0. The number of aliphatic hydroxyl groups excluding tert-OH is 1. The summed E-state index contributed by atoms with van der Waals surface area (Å²) in [6.07, 6.45) is 6.10. The number of fused-ring (bicyclic) bond motifs is 18. The minimum atomic E-state index is -1.13. The van der Waals surface area contributed by atoms with Crippen LogP contribution in [0, 0.1) is 11.8 Å². The van der Waals surface area contributed by atoms with Gasteiger partial charge < -0.3 is 78.6 Å². The Hall–Kier alpha value is -5.96. The number of nitrogens with zero attached hydrogens (tertiary/aromatic N) is 5. The SMILES string of the molecule is C=C1C[C@@H]2CC[C@@]34C[C@H]5OC6C(O[C@H]7CC[C@H](CC(=O)C[C@@H]8[C@@H](OC)[C@@H](C[C@H](O)CNC(=O)CNC(=O)[C@H](Cc9ccccc9)NC(=O)CNC(=O)CN9CCN%10CCOCCN(CC9)CCN(C(=O)CCCCCN9C(=O)C=CC9=O)CC%10)O[C@H]8C[C@H]8O[C@@H](CC[C@@H]1O2)C[C@@H](C)C8=C)O[C@@H]7[C@@H]6O3)[C@H]5O4. The Balaban J connectivity index is 0.587. The first-order chi connectivity index (χ1) is 50.8. The molecule has 7 amide bonds. The van der Waals surface area contributed by atoms with Crippen LogP contribution in [-0.4, -0.2) is 305 Å². The van der Waals surface area contributed by atoms with E-state index in [4.69, 9.17) is 47.4 Å². The summed E-state index contributed by atoms with van der Waals surface area (Å²) in [5, 5.41) is 22.6. The third-order valence-corrected chi connectivity index (χ3v) is 23.9. The summed E-state index contributed by atoms with van der Waals surface area (Å²) in [6.45, 7) is 17.4. The monoisotopic (exact) mass is 1470 g/mol. The predicted molar refractivity (Wildman–Crippen MR) is 379 cm³/mol. The molecule has 28 heteroatoms. The van der Waals surface area contributed by atoms with Crippen molar-refractivity contribution >= 4 is 47.1 Å². The van der Waals surface area contributed by atoms with E-state index in [2.05, 4.69) is 56.0 Å². The Labute approximate surface area is 615 Å². The number of carbonyl (C=O) groups is 8. The fraction of sp³-hybridized carbons (Fsp3) is 0.740. The first kappa shape index (κ1) is 77.2. The molecule has 1 aromatic carbocycles. The number of ether oxygens (including phenoxy) is 10. The van der Waals surface area contributed by atoms with Gasteiger partial charge in [-0.1, -0.05) is 56.8 Å². The van der Waals surface area contributed by atoms with E-state index >= 15 is 0 Å². The number of aliphatic hydroxyl groups is 1. The first-order valence-corrected chi connectivity index (χ1v) is 38.9. The topological polar surface area (TPSA) is 313 Å². The average molecular weight is 1470 g/mol. The van der Waals surface area contributed by atoms with Crippen molar-refractivity contribution in [2.45, 2.75) is 232 Å². The normalized spacial score (nSPS) is 36.5. The van der Waals surface area contributed by atoms with E-state index in [1.807, 2.05) is 35.2 Å². The summed E-state index contributed by atoms with van der Waals surface area (Å²) in [5.41, 5.74) is 2.79. The van der Waals surface area contributed by atoms with Crippen molar-refractivity contribution in [3.63, 3.8) is 0 Å². The number of Topliss-reactive ketones (excluding diaryl/α,β-unsaturated/α-hetero) is 1. The number of amides is 7. The number of hydrogen-bond acceptors (Lipinski definition) is 22. The minimum Gasteiger partial charge on any atom is -0.391 e. The second-order valence-electron chi connectivity index (χ2n) is 31.2. The van der Waals surface area contributed by atoms with Crippen molar-refractivity contribution in [1.82, 2.24) is 45.8 Å². The van der Waals surface area contributed by atoms with Crippen LogP contribution in [0.4, 0.5) is 0 Å². The highest BCUT2D eigenvalue weighted by atomic mass is 16.8. The van der Waals surface area contributed by atoms with Gasteiger partial charge in [-0.2, -0.15) is 0 Å². The van der Waals surface area contributed by atoms with E-state index in [0.29, 0.717) is 143 Å². The number of imide groups is 1. The molecule has 22 atom stereocenters. The van der Waals surface area contributed by atoms with Crippen molar-refractivity contribution in [2.24, 2.45) is 11.8 Å². The molecular weight excluding hydrogens is 1350 g/mol. The number of hydrogen-bond donors (Lipinski definition) is 5. The van der Waals surface area contributed by atoms with Gasteiger partial charge in [0, 0.05) is 155 Å². The van der Waals surface area contributed by atoms with Crippen LogP contribution in [0.25, 0.3) is 0 Å².